The highest BCUT2D eigenvalue weighted by Gasteiger charge is 2.47. The Morgan fingerprint density at radius 2 is 1.76 bits per heavy atom. The van der Waals surface area contributed by atoms with Gasteiger partial charge in [-0.3, -0.25) is 4.79 Å². The Balaban J connectivity index is 2.71. The van der Waals surface area contributed by atoms with Gasteiger partial charge in [0.25, 0.3) is 0 Å². The van der Waals surface area contributed by atoms with Crippen molar-refractivity contribution in [1.29, 1.82) is 0 Å². The third-order valence-electron chi connectivity index (χ3n) is 4.69. The lowest BCUT2D eigenvalue weighted by Crippen LogP contribution is -2.45. The summed E-state index contributed by atoms with van der Waals surface area (Å²) in [5.74, 6) is 0.303. The third-order valence-corrected chi connectivity index (χ3v) is 4.69. The van der Waals surface area contributed by atoms with Crippen molar-refractivity contribution in [3.8, 4) is 0 Å². The smallest absolute Gasteiger partial charge is 0.312 e. The lowest BCUT2D eigenvalue weighted by atomic mass is 9.61. The minimum absolute atomic E-state index is 0.0597. The molecule has 0 amide bonds. The van der Waals surface area contributed by atoms with Crippen molar-refractivity contribution in [2.75, 3.05) is 19.8 Å². The first kappa shape index (κ1) is 18.5. The van der Waals surface area contributed by atoms with Crippen LogP contribution in [0.3, 0.4) is 0 Å². The molecule has 3 heteroatoms. The summed E-state index contributed by atoms with van der Waals surface area (Å²) in [6, 6.07) is 0. The number of hydrogen-bond acceptors (Lipinski definition) is 3. The second-order valence-electron chi connectivity index (χ2n) is 9.00. The zero-order valence-corrected chi connectivity index (χ0v) is 15.0. The predicted octanol–water partition coefficient (Wildman–Crippen LogP) is 4.44. The van der Waals surface area contributed by atoms with Crippen molar-refractivity contribution in [3.63, 3.8) is 0 Å². The Morgan fingerprint density at radius 1 is 1.14 bits per heavy atom. The van der Waals surface area contributed by atoms with Crippen molar-refractivity contribution < 1.29 is 14.3 Å². The number of carbonyl (C=O) groups excluding carboxylic acids is 1. The van der Waals surface area contributed by atoms with E-state index in [9.17, 15) is 4.79 Å². The Morgan fingerprint density at radius 3 is 2.19 bits per heavy atom. The largest absolute Gasteiger partial charge is 0.465 e. The first-order valence-corrected chi connectivity index (χ1v) is 8.21. The van der Waals surface area contributed by atoms with E-state index in [1.165, 1.54) is 0 Å². The van der Waals surface area contributed by atoms with E-state index in [0.717, 1.165) is 32.5 Å². The van der Waals surface area contributed by atoms with Crippen molar-refractivity contribution in [2.45, 2.75) is 67.7 Å². The van der Waals surface area contributed by atoms with Crippen LogP contribution in [0, 0.1) is 22.2 Å². The molecule has 1 aliphatic rings. The zero-order valence-electron chi connectivity index (χ0n) is 15.0. The third kappa shape index (κ3) is 5.28. The lowest BCUT2D eigenvalue weighted by Gasteiger charge is -2.43. The Kier molecular flexibility index (Phi) is 5.88. The molecule has 0 aromatic carbocycles. The minimum atomic E-state index is -0.471. The van der Waals surface area contributed by atoms with Crippen LogP contribution in [0.1, 0.15) is 67.7 Å². The fourth-order valence-electron chi connectivity index (χ4n) is 3.00. The molecule has 21 heavy (non-hydrogen) atoms. The minimum Gasteiger partial charge on any atom is -0.465 e. The monoisotopic (exact) mass is 298 g/mol. The number of esters is 1. The molecule has 1 rings (SSSR count). The maximum Gasteiger partial charge on any atom is 0.312 e. The second-order valence-corrected chi connectivity index (χ2v) is 9.00. The summed E-state index contributed by atoms with van der Waals surface area (Å²) in [4.78, 5) is 12.8. The van der Waals surface area contributed by atoms with E-state index in [4.69, 9.17) is 9.47 Å². The molecule has 0 aromatic heterocycles. The normalized spacial score (nSPS) is 23.5. The van der Waals surface area contributed by atoms with E-state index >= 15 is 0 Å². The summed E-state index contributed by atoms with van der Waals surface area (Å²) in [5.41, 5.74) is -0.504. The molecule has 0 spiro atoms. The molecular formula is C18H34O3. The van der Waals surface area contributed by atoms with Crippen molar-refractivity contribution in [2.24, 2.45) is 22.2 Å². The molecular weight excluding hydrogens is 264 g/mol. The van der Waals surface area contributed by atoms with Crippen LogP contribution in [-0.2, 0) is 14.3 Å². The van der Waals surface area contributed by atoms with Crippen molar-refractivity contribution in [1.82, 2.24) is 0 Å². The summed E-state index contributed by atoms with van der Waals surface area (Å²) >= 11 is 0. The number of hydrogen-bond donors (Lipinski definition) is 0. The van der Waals surface area contributed by atoms with E-state index in [-0.39, 0.29) is 16.8 Å². The van der Waals surface area contributed by atoms with Crippen LogP contribution in [0.25, 0.3) is 0 Å². The van der Waals surface area contributed by atoms with Crippen LogP contribution < -0.4 is 0 Å². The molecule has 0 saturated carbocycles. The highest BCUT2D eigenvalue weighted by atomic mass is 16.5. The van der Waals surface area contributed by atoms with Crippen LogP contribution >= 0.6 is 0 Å². The van der Waals surface area contributed by atoms with Gasteiger partial charge in [0, 0.05) is 12.5 Å². The lowest BCUT2D eigenvalue weighted by molar-refractivity contribution is -0.167. The van der Waals surface area contributed by atoms with Gasteiger partial charge < -0.3 is 9.47 Å². The van der Waals surface area contributed by atoms with Crippen LogP contribution in [0.2, 0.25) is 0 Å². The number of carbonyl (C=O) groups is 1. The summed E-state index contributed by atoms with van der Waals surface area (Å²) in [6.45, 7) is 17.0. The molecule has 1 saturated heterocycles. The quantitative estimate of drug-likeness (QED) is 0.720. The molecule has 2 atom stereocenters. The molecule has 1 heterocycles. The van der Waals surface area contributed by atoms with Gasteiger partial charge in [-0.15, -0.1) is 0 Å². The maximum atomic E-state index is 12.8. The molecule has 0 radical (unpaired) electrons. The van der Waals surface area contributed by atoms with Crippen LogP contribution in [-0.4, -0.2) is 25.8 Å². The van der Waals surface area contributed by atoms with E-state index in [0.29, 0.717) is 12.5 Å². The summed E-state index contributed by atoms with van der Waals surface area (Å²) in [7, 11) is 0. The number of ether oxygens (including phenoxy) is 2. The van der Waals surface area contributed by atoms with Gasteiger partial charge in [-0.05, 0) is 37.0 Å². The molecule has 1 fully saturated rings. The first-order chi connectivity index (χ1) is 9.46. The van der Waals surface area contributed by atoms with Gasteiger partial charge in [-0.2, -0.15) is 0 Å². The van der Waals surface area contributed by atoms with E-state index in [1.54, 1.807) is 0 Å². The molecule has 0 N–H and O–H groups in total. The van der Waals surface area contributed by atoms with Crippen LogP contribution in [0.15, 0.2) is 0 Å². The van der Waals surface area contributed by atoms with Gasteiger partial charge in [0.05, 0.1) is 18.6 Å². The highest BCUT2D eigenvalue weighted by molar-refractivity contribution is 5.77. The standard InChI is InChI=1S/C18H34O3/c1-16(2,3)13-18(7,17(4,5)6)15(19)21-12-14-9-8-10-20-11-14/h14H,8-13H2,1-7H3. The molecule has 0 aromatic rings. The van der Waals surface area contributed by atoms with Gasteiger partial charge in [-0.1, -0.05) is 41.5 Å². The van der Waals surface area contributed by atoms with Crippen molar-refractivity contribution >= 4 is 5.97 Å². The molecule has 0 bridgehead atoms. The molecule has 124 valence electrons. The van der Waals surface area contributed by atoms with E-state index in [1.807, 2.05) is 0 Å². The SMILES string of the molecule is CC(C)(C)CC(C)(C(=O)OCC1CCCOC1)C(C)(C)C. The second kappa shape index (κ2) is 6.68. The van der Waals surface area contributed by atoms with Gasteiger partial charge in [0.15, 0.2) is 0 Å². The van der Waals surface area contributed by atoms with Gasteiger partial charge in [-0.25, -0.2) is 0 Å². The van der Waals surface area contributed by atoms with E-state index < -0.39 is 5.41 Å². The van der Waals surface area contributed by atoms with Crippen molar-refractivity contribution in [3.05, 3.63) is 0 Å². The summed E-state index contributed by atoms with van der Waals surface area (Å²) in [5, 5.41) is 0. The van der Waals surface area contributed by atoms with Gasteiger partial charge in [0.2, 0.25) is 0 Å². The average molecular weight is 298 g/mol. The van der Waals surface area contributed by atoms with E-state index in [2.05, 4.69) is 48.5 Å². The fourth-order valence-corrected chi connectivity index (χ4v) is 3.00. The first-order valence-electron chi connectivity index (χ1n) is 8.21. The Labute approximate surface area is 130 Å². The van der Waals surface area contributed by atoms with Crippen LogP contribution in [0.5, 0.6) is 0 Å². The predicted molar refractivity (Wildman–Crippen MR) is 86.1 cm³/mol. The number of rotatable bonds is 4. The van der Waals surface area contributed by atoms with Gasteiger partial charge >= 0.3 is 5.97 Å². The highest BCUT2D eigenvalue weighted by Crippen LogP contribution is 2.47. The van der Waals surface area contributed by atoms with Crippen LogP contribution in [0.4, 0.5) is 0 Å². The average Bonchev–Trinajstić information content (AvgIpc) is 2.33. The zero-order chi connectivity index (χ0) is 16.3. The Bertz CT molecular complexity index is 342. The summed E-state index contributed by atoms with van der Waals surface area (Å²) in [6.07, 6.45) is 2.99. The molecule has 3 nitrogen and oxygen atoms in total. The molecule has 0 aliphatic carbocycles. The topological polar surface area (TPSA) is 35.5 Å². The molecule has 1 aliphatic heterocycles. The Hall–Kier alpha value is -0.570. The molecule has 2 unspecified atom stereocenters. The van der Waals surface area contributed by atoms with Gasteiger partial charge in [0.1, 0.15) is 0 Å². The fraction of sp³-hybridized carbons (Fsp3) is 0.944. The maximum absolute atomic E-state index is 12.8. The summed E-state index contributed by atoms with van der Waals surface area (Å²) < 4.78 is 11.2.